The lowest BCUT2D eigenvalue weighted by Gasteiger charge is -2.10. The monoisotopic (exact) mass is 275 g/mol. The maximum absolute atomic E-state index is 5.87. The summed E-state index contributed by atoms with van der Waals surface area (Å²) in [6.45, 7) is 0. The number of anilines is 4. The van der Waals surface area contributed by atoms with Crippen molar-refractivity contribution < 1.29 is 0 Å². The highest BCUT2D eigenvalue weighted by Crippen LogP contribution is 2.26. The molecule has 1 saturated carbocycles. The molecule has 98 valence electrons. The van der Waals surface area contributed by atoms with E-state index in [1.807, 2.05) is 24.3 Å². The third-order valence-corrected chi connectivity index (χ3v) is 3.09. The Labute approximate surface area is 116 Å². The Balaban J connectivity index is 1.80. The predicted octanol–water partition coefficient (Wildman–Crippen LogP) is 3.03. The van der Waals surface area contributed by atoms with Crippen molar-refractivity contribution in [1.29, 1.82) is 0 Å². The zero-order valence-corrected chi connectivity index (χ0v) is 11.0. The van der Waals surface area contributed by atoms with E-state index in [4.69, 9.17) is 17.3 Å². The largest absolute Gasteiger partial charge is 0.394 e. The molecule has 2 aromatic rings. The van der Waals surface area contributed by atoms with Gasteiger partial charge in [0.2, 0.25) is 5.95 Å². The van der Waals surface area contributed by atoms with Gasteiger partial charge < -0.3 is 16.4 Å². The van der Waals surface area contributed by atoms with Crippen LogP contribution in [-0.4, -0.2) is 16.0 Å². The summed E-state index contributed by atoms with van der Waals surface area (Å²) in [5.74, 6) is 1.20. The molecule has 0 spiro atoms. The number of benzene rings is 1. The zero-order chi connectivity index (χ0) is 13.2. The van der Waals surface area contributed by atoms with E-state index in [0.29, 0.717) is 28.5 Å². The highest BCUT2D eigenvalue weighted by Gasteiger charge is 2.22. The van der Waals surface area contributed by atoms with Crippen molar-refractivity contribution in [3.05, 3.63) is 35.5 Å². The molecule has 1 aromatic carbocycles. The zero-order valence-electron chi connectivity index (χ0n) is 10.2. The first kappa shape index (κ1) is 12.0. The van der Waals surface area contributed by atoms with Crippen LogP contribution in [0, 0.1) is 0 Å². The molecule has 0 aliphatic heterocycles. The van der Waals surface area contributed by atoms with E-state index in [9.17, 15) is 0 Å². The summed E-state index contributed by atoms with van der Waals surface area (Å²) in [5, 5.41) is 7.09. The number of hydrogen-bond donors (Lipinski definition) is 3. The van der Waals surface area contributed by atoms with Gasteiger partial charge in [-0.05, 0) is 37.1 Å². The van der Waals surface area contributed by atoms with Crippen LogP contribution in [-0.2, 0) is 0 Å². The van der Waals surface area contributed by atoms with Crippen molar-refractivity contribution in [2.24, 2.45) is 0 Å². The van der Waals surface area contributed by atoms with Gasteiger partial charge in [-0.1, -0.05) is 11.6 Å². The standard InChI is InChI=1S/C13H14ClN5/c14-8-1-3-9(4-2-8)17-12-11(15)7-16-13(19-12)18-10-5-6-10/h1-4,7,10H,5-6,15H2,(H2,16,17,18,19). The van der Waals surface area contributed by atoms with E-state index < -0.39 is 0 Å². The summed E-state index contributed by atoms with van der Waals surface area (Å²) in [7, 11) is 0. The number of nitrogen functional groups attached to an aromatic ring is 1. The van der Waals surface area contributed by atoms with Gasteiger partial charge in [0.15, 0.2) is 5.82 Å². The van der Waals surface area contributed by atoms with Gasteiger partial charge in [-0.25, -0.2) is 4.98 Å². The molecule has 5 nitrogen and oxygen atoms in total. The molecule has 0 unspecified atom stereocenters. The molecule has 0 saturated heterocycles. The first-order valence-corrected chi connectivity index (χ1v) is 6.50. The van der Waals surface area contributed by atoms with Crippen molar-refractivity contribution in [2.75, 3.05) is 16.4 Å². The molecule has 3 rings (SSSR count). The minimum absolute atomic E-state index is 0.506. The van der Waals surface area contributed by atoms with E-state index in [1.54, 1.807) is 6.20 Å². The van der Waals surface area contributed by atoms with Crippen LogP contribution in [0.3, 0.4) is 0 Å². The molecule has 1 heterocycles. The lowest BCUT2D eigenvalue weighted by molar-refractivity contribution is 1.06. The van der Waals surface area contributed by atoms with Gasteiger partial charge in [0.25, 0.3) is 0 Å². The lowest BCUT2D eigenvalue weighted by atomic mass is 10.3. The lowest BCUT2D eigenvalue weighted by Crippen LogP contribution is -2.08. The molecule has 4 N–H and O–H groups in total. The Hall–Kier alpha value is -2.01. The SMILES string of the molecule is Nc1cnc(NC2CC2)nc1Nc1ccc(Cl)cc1. The first-order valence-electron chi connectivity index (χ1n) is 6.12. The van der Waals surface area contributed by atoms with Gasteiger partial charge >= 0.3 is 0 Å². The minimum atomic E-state index is 0.506. The van der Waals surface area contributed by atoms with Crippen molar-refractivity contribution in [1.82, 2.24) is 9.97 Å². The molecule has 19 heavy (non-hydrogen) atoms. The maximum atomic E-state index is 5.87. The van der Waals surface area contributed by atoms with Crippen LogP contribution >= 0.6 is 11.6 Å². The minimum Gasteiger partial charge on any atom is -0.394 e. The Kier molecular flexibility index (Phi) is 3.13. The van der Waals surface area contributed by atoms with Crippen molar-refractivity contribution in [3.63, 3.8) is 0 Å². The van der Waals surface area contributed by atoms with Gasteiger partial charge in [-0.2, -0.15) is 4.98 Å². The van der Waals surface area contributed by atoms with Crippen LogP contribution in [0.5, 0.6) is 0 Å². The maximum Gasteiger partial charge on any atom is 0.224 e. The fourth-order valence-electron chi connectivity index (χ4n) is 1.64. The fraction of sp³-hybridized carbons (Fsp3) is 0.231. The van der Waals surface area contributed by atoms with Crippen LogP contribution in [0.2, 0.25) is 5.02 Å². The fourth-order valence-corrected chi connectivity index (χ4v) is 1.77. The number of hydrogen-bond acceptors (Lipinski definition) is 5. The molecular formula is C13H14ClN5. The molecule has 1 fully saturated rings. The predicted molar refractivity (Wildman–Crippen MR) is 77.8 cm³/mol. The van der Waals surface area contributed by atoms with Gasteiger partial charge in [0.05, 0.1) is 11.9 Å². The molecule has 0 bridgehead atoms. The number of halogens is 1. The number of nitrogens with zero attached hydrogens (tertiary/aromatic N) is 2. The van der Waals surface area contributed by atoms with Gasteiger partial charge in [0.1, 0.15) is 0 Å². The van der Waals surface area contributed by atoms with E-state index in [2.05, 4.69) is 20.6 Å². The molecule has 1 aromatic heterocycles. The third kappa shape index (κ3) is 3.06. The molecule has 6 heteroatoms. The van der Waals surface area contributed by atoms with Gasteiger partial charge in [-0.15, -0.1) is 0 Å². The highest BCUT2D eigenvalue weighted by molar-refractivity contribution is 6.30. The Morgan fingerprint density at radius 3 is 2.63 bits per heavy atom. The molecule has 1 aliphatic carbocycles. The summed E-state index contributed by atoms with van der Waals surface area (Å²) >= 11 is 5.85. The molecule has 0 amide bonds. The molecule has 1 aliphatic rings. The third-order valence-electron chi connectivity index (χ3n) is 2.83. The summed E-state index contributed by atoms with van der Waals surface area (Å²) in [6.07, 6.45) is 3.96. The number of nitrogens with two attached hydrogens (primary N) is 1. The van der Waals surface area contributed by atoms with Crippen molar-refractivity contribution in [3.8, 4) is 0 Å². The number of aromatic nitrogens is 2. The summed E-state index contributed by atoms with van der Waals surface area (Å²) < 4.78 is 0. The summed E-state index contributed by atoms with van der Waals surface area (Å²) in [4.78, 5) is 8.55. The van der Waals surface area contributed by atoms with Crippen LogP contribution in [0.15, 0.2) is 30.5 Å². The van der Waals surface area contributed by atoms with E-state index in [0.717, 1.165) is 5.69 Å². The van der Waals surface area contributed by atoms with E-state index >= 15 is 0 Å². The van der Waals surface area contributed by atoms with E-state index in [1.165, 1.54) is 12.8 Å². The van der Waals surface area contributed by atoms with Crippen LogP contribution in [0.25, 0.3) is 0 Å². The normalized spacial score (nSPS) is 14.2. The topological polar surface area (TPSA) is 75.9 Å². The Morgan fingerprint density at radius 1 is 1.21 bits per heavy atom. The van der Waals surface area contributed by atoms with Crippen LogP contribution < -0.4 is 16.4 Å². The highest BCUT2D eigenvalue weighted by atomic mass is 35.5. The Morgan fingerprint density at radius 2 is 1.95 bits per heavy atom. The van der Waals surface area contributed by atoms with Crippen molar-refractivity contribution >= 4 is 34.7 Å². The quantitative estimate of drug-likeness (QED) is 0.800. The van der Waals surface area contributed by atoms with Gasteiger partial charge in [-0.3, -0.25) is 0 Å². The second-order valence-corrected chi connectivity index (χ2v) is 4.98. The van der Waals surface area contributed by atoms with Crippen molar-refractivity contribution in [2.45, 2.75) is 18.9 Å². The molecule has 0 atom stereocenters. The second-order valence-electron chi connectivity index (χ2n) is 4.55. The molecular weight excluding hydrogens is 262 g/mol. The first-order chi connectivity index (χ1) is 9.20. The molecule has 0 radical (unpaired) electrons. The van der Waals surface area contributed by atoms with Gasteiger partial charge in [0, 0.05) is 16.8 Å². The second kappa shape index (κ2) is 4.93. The summed E-state index contributed by atoms with van der Waals surface area (Å²) in [5.41, 5.74) is 7.26. The van der Waals surface area contributed by atoms with Crippen LogP contribution in [0.1, 0.15) is 12.8 Å². The smallest absolute Gasteiger partial charge is 0.224 e. The Bertz CT molecular complexity index is 580. The average Bonchev–Trinajstić information content (AvgIpc) is 3.20. The summed E-state index contributed by atoms with van der Waals surface area (Å²) in [6, 6.07) is 7.87. The number of nitrogens with one attached hydrogen (secondary N) is 2. The van der Waals surface area contributed by atoms with E-state index in [-0.39, 0.29) is 0 Å². The number of rotatable bonds is 4. The average molecular weight is 276 g/mol. The van der Waals surface area contributed by atoms with Crippen LogP contribution in [0.4, 0.5) is 23.1 Å².